The van der Waals surface area contributed by atoms with Crippen LogP contribution in [0.25, 0.3) is 0 Å². The van der Waals surface area contributed by atoms with Gasteiger partial charge in [-0.15, -0.1) is 0 Å². The molecule has 1 aromatic carbocycles. The van der Waals surface area contributed by atoms with Gasteiger partial charge in [-0.2, -0.15) is 4.36 Å². The molecule has 0 unspecified atom stereocenters. The molecule has 7 heteroatoms. The predicted molar refractivity (Wildman–Crippen MR) is 64.2 cm³/mol. The minimum absolute atomic E-state index is 0.0654. The number of hydrogen-bond acceptors (Lipinski definition) is 5. The molecular formula is C10H12N2O4S. The molecule has 17 heavy (non-hydrogen) atoms. The Morgan fingerprint density at radius 3 is 2.65 bits per heavy atom. The van der Waals surface area contributed by atoms with E-state index in [4.69, 9.17) is 4.74 Å². The second kappa shape index (κ2) is 4.33. The maximum absolute atomic E-state index is 11.9. The van der Waals surface area contributed by atoms with Gasteiger partial charge in [0.1, 0.15) is 5.69 Å². The Labute approximate surface area is 98.9 Å². The fourth-order valence-electron chi connectivity index (χ4n) is 1.52. The summed E-state index contributed by atoms with van der Waals surface area (Å²) >= 11 is 0. The summed E-state index contributed by atoms with van der Waals surface area (Å²) in [6, 6.07) is 4.10. The van der Waals surface area contributed by atoms with Crippen molar-refractivity contribution in [1.29, 1.82) is 0 Å². The number of ether oxygens (including phenoxy) is 1. The van der Waals surface area contributed by atoms with Crippen molar-refractivity contribution in [3.63, 3.8) is 0 Å². The second-order valence-corrected chi connectivity index (χ2v) is 6.28. The number of nitrogens with zero attached hydrogens (tertiary/aromatic N) is 2. The normalized spacial score (nSPS) is 17.0. The zero-order valence-corrected chi connectivity index (χ0v) is 10.1. The Balaban J connectivity index is 2.45. The van der Waals surface area contributed by atoms with Crippen LogP contribution in [0, 0.1) is 10.1 Å². The topological polar surface area (TPSA) is 81.8 Å². The maximum atomic E-state index is 11.9. The fraction of sp³-hybridized carbons (Fsp3) is 0.400. The van der Waals surface area contributed by atoms with Gasteiger partial charge in [-0.25, -0.2) is 4.21 Å². The number of rotatable bonds is 3. The molecule has 1 saturated heterocycles. The van der Waals surface area contributed by atoms with Gasteiger partial charge in [-0.1, -0.05) is 0 Å². The molecule has 1 fully saturated rings. The van der Waals surface area contributed by atoms with Crippen LogP contribution in [0.2, 0.25) is 0 Å². The summed E-state index contributed by atoms with van der Waals surface area (Å²) in [6.45, 7) is 0. The highest BCUT2D eigenvalue weighted by Gasteiger charge is 2.20. The van der Waals surface area contributed by atoms with Crippen LogP contribution in [0.5, 0.6) is 5.75 Å². The summed E-state index contributed by atoms with van der Waals surface area (Å²) < 4.78 is 21.1. The second-order valence-electron chi connectivity index (χ2n) is 3.74. The molecule has 92 valence electrons. The first-order valence-electron chi connectivity index (χ1n) is 5.09. The Hall–Kier alpha value is -1.63. The highest BCUT2D eigenvalue weighted by molar-refractivity contribution is 7.95. The van der Waals surface area contributed by atoms with Crippen molar-refractivity contribution in [3.05, 3.63) is 28.3 Å². The molecule has 0 amide bonds. The first-order valence-corrected chi connectivity index (χ1v) is 6.94. The van der Waals surface area contributed by atoms with Crippen LogP contribution in [0.15, 0.2) is 22.6 Å². The Bertz CT molecular complexity index is 566. The van der Waals surface area contributed by atoms with Crippen LogP contribution in [-0.2, 0) is 9.73 Å². The van der Waals surface area contributed by atoms with Gasteiger partial charge in [-0.3, -0.25) is 10.1 Å². The molecule has 0 atom stereocenters. The van der Waals surface area contributed by atoms with E-state index in [0.717, 1.165) is 6.42 Å². The van der Waals surface area contributed by atoms with Crippen LogP contribution >= 0.6 is 0 Å². The molecule has 0 aliphatic carbocycles. The molecule has 6 nitrogen and oxygen atoms in total. The van der Waals surface area contributed by atoms with Gasteiger partial charge in [0.2, 0.25) is 0 Å². The van der Waals surface area contributed by atoms with Crippen LogP contribution in [-0.4, -0.2) is 27.7 Å². The van der Waals surface area contributed by atoms with Crippen molar-refractivity contribution in [2.45, 2.75) is 6.42 Å². The first-order chi connectivity index (χ1) is 8.04. The number of nitro groups is 1. The third-order valence-electron chi connectivity index (χ3n) is 2.57. The summed E-state index contributed by atoms with van der Waals surface area (Å²) in [6.07, 6.45) is 0.914. The van der Waals surface area contributed by atoms with E-state index in [2.05, 4.69) is 4.36 Å². The van der Waals surface area contributed by atoms with E-state index in [1.807, 2.05) is 0 Å². The Morgan fingerprint density at radius 1 is 1.47 bits per heavy atom. The number of benzene rings is 1. The van der Waals surface area contributed by atoms with Crippen molar-refractivity contribution in [2.24, 2.45) is 4.36 Å². The Morgan fingerprint density at radius 2 is 2.18 bits per heavy atom. The van der Waals surface area contributed by atoms with Gasteiger partial charge in [0, 0.05) is 17.6 Å². The molecule has 1 aromatic rings. The van der Waals surface area contributed by atoms with E-state index >= 15 is 0 Å². The zero-order chi connectivity index (χ0) is 12.5. The quantitative estimate of drug-likeness (QED) is 0.612. The van der Waals surface area contributed by atoms with Crippen LogP contribution in [0.1, 0.15) is 6.42 Å². The standard InChI is InChI=1S/C10H12N2O4S/c1-16-10-7-8(12(13)14)3-4-9(10)11-17(15)5-2-6-17/h3-4,7H,2,5-6H2,1H3. The molecule has 1 heterocycles. The van der Waals surface area contributed by atoms with E-state index in [0.29, 0.717) is 17.2 Å². The van der Waals surface area contributed by atoms with Crippen LogP contribution in [0.3, 0.4) is 0 Å². The number of methoxy groups -OCH3 is 1. The van der Waals surface area contributed by atoms with Crippen molar-refractivity contribution in [1.82, 2.24) is 0 Å². The maximum Gasteiger partial charge on any atom is 0.273 e. The lowest BCUT2D eigenvalue weighted by molar-refractivity contribution is -0.384. The third kappa shape index (κ3) is 2.38. The molecule has 0 N–H and O–H groups in total. The monoisotopic (exact) mass is 256 g/mol. The lowest BCUT2D eigenvalue weighted by atomic mass is 10.2. The minimum atomic E-state index is -2.13. The Kier molecular flexibility index (Phi) is 3.01. The lowest BCUT2D eigenvalue weighted by Crippen LogP contribution is -2.23. The van der Waals surface area contributed by atoms with E-state index in [-0.39, 0.29) is 11.4 Å². The molecule has 0 aromatic heterocycles. The largest absolute Gasteiger partial charge is 0.494 e. The number of nitro benzene ring substituents is 1. The van der Waals surface area contributed by atoms with Crippen LogP contribution < -0.4 is 4.74 Å². The third-order valence-corrected chi connectivity index (χ3v) is 4.95. The average Bonchev–Trinajstić information content (AvgIpc) is 2.27. The van der Waals surface area contributed by atoms with E-state index in [1.165, 1.54) is 25.3 Å². The smallest absolute Gasteiger partial charge is 0.273 e. The molecular weight excluding hydrogens is 244 g/mol. The summed E-state index contributed by atoms with van der Waals surface area (Å²) in [5.74, 6) is 1.47. The van der Waals surface area contributed by atoms with Gasteiger partial charge in [0.25, 0.3) is 5.69 Å². The van der Waals surface area contributed by atoms with E-state index in [1.54, 1.807) is 0 Å². The van der Waals surface area contributed by atoms with E-state index in [9.17, 15) is 14.3 Å². The highest BCUT2D eigenvalue weighted by atomic mass is 32.2. The molecule has 0 saturated carbocycles. The summed E-state index contributed by atoms with van der Waals surface area (Å²) in [5, 5.41) is 10.6. The summed E-state index contributed by atoms with van der Waals surface area (Å²) in [4.78, 5) is 10.1. The van der Waals surface area contributed by atoms with Gasteiger partial charge in [0.05, 0.1) is 27.8 Å². The van der Waals surface area contributed by atoms with Gasteiger partial charge >= 0.3 is 0 Å². The van der Waals surface area contributed by atoms with Crippen LogP contribution in [0.4, 0.5) is 11.4 Å². The predicted octanol–water partition coefficient (Wildman–Crippen LogP) is 2.11. The summed E-state index contributed by atoms with van der Waals surface area (Å²) in [5.41, 5.74) is 0.354. The van der Waals surface area contributed by atoms with Crippen molar-refractivity contribution < 1.29 is 13.9 Å². The molecule has 2 rings (SSSR count). The SMILES string of the molecule is COc1cc([N+](=O)[O-])ccc1N=S1(=O)CCC1. The highest BCUT2D eigenvalue weighted by Crippen LogP contribution is 2.33. The zero-order valence-electron chi connectivity index (χ0n) is 9.29. The minimum Gasteiger partial charge on any atom is -0.494 e. The van der Waals surface area contributed by atoms with Gasteiger partial charge in [0.15, 0.2) is 5.75 Å². The van der Waals surface area contributed by atoms with Crippen molar-refractivity contribution >= 4 is 21.1 Å². The average molecular weight is 256 g/mol. The van der Waals surface area contributed by atoms with Crippen molar-refractivity contribution in [3.8, 4) is 5.75 Å². The molecule has 1 aliphatic heterocycles. The molecule has 0 bridgehead atoms. The molecule has 0 radical (unpaired) electrons. The van der Waals surface area contributed by atoms with E-state index < -0.39 is 14.7 Å². The van der Waals surface area contributed by atoms with Crippen molar-refractivity contribution in [2.75, 3.05) is 18.6 Å². The molecule has 1 aliphatic rings. The fourth-order valence-corrected chi connectivity index (χ4v) is 2.99. The van der Waals surface area contributed by atoms with Gasteiger partial charge < -0.3 is 4.74 Å². The number of hydrogen-bond donors (Lipinski definition) is 0. The molecule has 0 spiro atoms. The first kappa shape index (κ1) is 11.8. The number of non-ortho nitro benzene ring substituents is 1. The summed E-state index contributed by atoms with van der Waals surface area (Å²) in [7, 11) is -0.724. The lowest BCUT2D eigenvalue weighted by Gasteiger charge is -2.18. The van der Waals surface area contributed by atoms with Gasteiger partial charge in [-0.05, 0) is 12.5 Å².